The van der Waals surface area contributed by atoms with Crippen LogP contribution >= 0.6 is 27.7 Å². The summed E-state index contributed by atoms with van der Waals surface area (Å²) in [6, 6.07) is 11.7. The van der Waals surface area contributed by atoms with E-state index in [0.717, 1.165) is 5.69 Å². The number of halogens is 1. The van der Waals surface area contributed by atoms with E-state index < -0.39 is 0 Å². The zero-order valence-corrected chi connectivity index (χ0v) is 18.7. The molecule has 2 heterocycles. The van der Waals surface area contributed by atoms with Crippen molar-refractivity contribution in [1.29, 1.82) is 0 Å². The molecule has 0 fully saturated rings. The van der Waals surface area contributed by atoms with E-state index in [4.69, 9.17) is 4.42 Å². The molecular formula is C20H23BrN4O2S. The number of amides is 1. The minimum absolute atomic E-state index is 0.0807. The van der Waals surface area contributed by atoms with Crippen molar-refractivity contribution >= 4 is 39.3 Å². The highest BCUT2D eigenvalue weighted by atomic mass is 79.9. The van der Waals surface area contributed by atoms with E-state index in [1.165, 1.54) is 17.3 Å². The van der Waals surface area contributed by atoms with E-state index in [1.54, 1.807) is 0 Å². The summed E-state index contributed by atoms with van der Waals surface area (Å²) in [5.74, 6) is 1.91. The molecule has 3 rings (SSSR count). The molecule has 0 aliphatic heterocycles. The summed E-state index contributed by atoms with van der Waals surface area (Å²) in [6.07, 6.45) is 0. The summed E-state index contributed by atoms with van der Waals surface area (Å²) in [7, 11) is 0. The Morgan fingerprint density at radius 3 is 2.43 bits per heavy atom. The van der Waals surface area contributed by atoms with Gasteiger partial charge in [0.1, 0.15) is 0 Å². The van der Waals surface area contributed by atoms with Crippen LogP contribution in [0.5, 0.6) is 0 Å². The Labute approximate surface area is 177 Å². The second kappa shape index (κ2) is 8.96. The molecule has 8 heteroatoms. The van der Waals surface area contributed by atoms with Crippen molar-refractivity contribution in [1.82, 2.24) is 14.8 Å². The molecule has 6 nitrogen and oxygen atoms in total. The number of carbonyl (C=O) groups is 1. The maximum atomic E-state index is 12.4. The van der Waals surface area contributed by atoms with Crippen LogP contribution in [-0.2, 0) is 4.79 Å². The fourth-order valence-corrected chi connectivity index (χ4v) is 3.90. The summed E-state index contributed by atoms with van der Waals surface area (Å²) in [5.41, 5.74) is 2.04. The number of rotatable bonds is 7. The molecule has 0 radical (unpaired) electrons. The number of benzene rings is 1. The van der Waals surface area contributed by atoms with Gasteiger partial charge in [0.2, 0.25) is 11.7 Å². The molecule has 3 aromatic rings. The lowest BCUT2D eigenvalue weighted by molar-refractivity contribution is -0.113. The van der Waals surface area contributed by atoms with Crippen LogP contribution in [0.25, 0.3) is 11.6 Å². The van der Waals surface area contributed by atoms with Crippen LogP contribution < -0.4 is 5.32 Å². The summed E-state index contributed by atoms with van der Waals surface area (Å²) in [4.78, 5) is 12.4. The summed E-state index contributed by atoms with van der Waals surface area (Å²) >= 11 is 4.67. The van der Waals surface area contributed by atoms with Crippen molar-refractivity contribution in [2.24, 2.45) is 0 Å². The molecule has 0 bridgehead atoms. The molecule has 0 saturated heterocycles. The first-order valence-electron chi connectivity index (χ1n) is 9.08. The van der Waals surface area contributed by atoms with Crippen LogP contribution in [0.4, 0.5) is 5.69 Å². The normalized spacial score (nSPS) is 11.4. The molecule has 1 aromatic carbocycles. The largest absolute Gasteiger partial charge is 0.446 e. The Balaban J connectivity index is 1.67. The molecule has 1 N–H and O–H groups in total. The topological polar surface area (TPSA) is 73.0 Å². The lowest BCUT2D eigenvalue weighted by atomic mass is 10.0. The number of nitrogens with one attached hydrogen (secondary N) is 1. The Kier molecular flexibility index (Phi) is 6.61. The number of hydrogen-bond acceptors (Lipinski definition) is 5. The van der Waals surface area contributed by atoms with E-state index in [9.17, 15) is 4.79 Å². The van der Waals surface area contributed by atoms with Gasteiger partial charge >= 0.3 is 0 Å². The Bertz CT molecular complexity index is 948. The van der Waals surface area contributed by atoms with Gasteiger partial charge in [0.25, 0.3) is 0 Å². The van der Waals surface area contributed by atoms with Gasteiger partial charge in [-0.2, -0.15) is 0 Å². The second-order valence-electron chi connectivity index (χ2n) is 6.99. The Hall–Kier alpha value is -2.06. The van der Waals surface area contributed by atoms with Crippen LogP contribution in [0.1, 0.15) is 45.2 Å². The van der Waals surface area contributed by atoms with Gasteiger partial charge in [0.05, 0.1) is 5.75 Å². The van der Waals surface area contributed by atoms with Crippen molar-refractivity contribution in [3.8, 4) is 11.6 Å². The molecule has 0 atom stereocenters. The zero-order valence-electron chi connectivity index (χ0n) is 16.3. The number of furan rings is 1. The first-order valence-corrected chi connectivity index (χ1v) is 10.9. The van der Waals surface area contributed by atoms with Crippen molar-refractivity contribution in [3.63, 3.8) is 0 Å². The highest BCUT2D eigenvalue weighted by molar-refractivity contribution is 9.10. The van der Waals surface area contributed by atoms with Crippen LogP contribution in [-0.4, -0.2) is 26.4 Å². The average molecular weight is 463 g/mol. The van der Waals surface area contributed by atoms with Gasteiger partial charge in [-0.15, -0.1) is 10.2 Å². The zero-order chi connectivity index (χ0) is 20.3. The summed E-state index contributed by atoms with van der Waals surface area (Å²) in [6.45, 7) is 8.38. The fraction of sp³-hybridized carbons (Fsp3) is 0.350. The first-order chi connectivity index (χ1) is 13.3. The molecule has 148 valence electrons. The third kappa shape index (κ3) is 4.86. The van der Waals surface area contributed by atoms with Crippen molar-refractivity contribution in [3.05, 3.63) is 46.6 Å². The molecule has 0 aliphatic carbocycles. The average Bonchev–Trinajstić information content (AvgIpc) is 3.26. The molecule has 1 amide bonds. The lowest BCUT2D eigenvalue weighted by Crippen LogP contribution is -2.15. The van der Waals surface area contributed by atoms with Crippen molar-refractivity contribution in [2.45, 2.75) is 44.8 Å². The maximum absolute atomic E-state index is 12.4. The molecule has 2 aromatic heterocycles. The van der Waals surface area contributed by atoms with Crippen LogP contribution in [0, 0.1) is 0 Å². The van der Waals surface area contributed by atoms with Crippen LogP contribution in [0.15, 0.2) is 50.6 Å². The van der Waals surface area contributed by atoms with Gasteiger partial charge in [-0.3, -0.25) is 9.36 Å². The Morgan fingerprint density at radius 2 is 1.86 bits per heavy atom. The number of hydrogen-bond donors (Lipinski definition) is 1. The van der Waals surface area contributed by atoms with E-state index in [0.29, 0.717) is 27.3 Å². The van der Waals surface area contributed by atoms with Gasteiger partial charge < -0.3 is 9.73 Å². The molecule has 28 heavy (non-hydrogen) atoms. The third-order valence-electron chi connectivity index (χ3n) is 4.17. The van der Waals surface area contributed by atoms with Crippen molar-refractivity contribution < 1.29 is 9.21 Å². The van der Waals surface area contributed by atoms with E-state index >= 15 is 0 Å². The summed E-state index contributed by atoms with van der Waals surface area (Å²) in [5, 5.41) is 12.1. The van der Waals surface area contributed by atoms with E-state index in [-0.39, 0.29) is 17.7 Å². The number of carbonyl (C=O) groups excluding carboxylic acids is 1. The molecule has 0 aliphatic rings. The molecule has 0 saturated carbocycles. The van der Waals surface area contributed by atoms with Crippen molar-refractivity contribution in [2.75, 3.05) is 11.1 Å². The highest BCUT2D eigenvalue weighted by Gasteiger charge is 2.20. The first kappa shape index (κ1) is 20.7. The predicted molar refractivity (Wildman–Crippen MR) is 116 cm³/mol. The Morgan fingerprint density at radius 1 is 1.14 bits per heavy atom. The molecule has 0 spiro atoms. The van der Waals surface area contributed by atoms with Gasteiger partial charge in [-0.05, 0) is 65.5 Å². The predicted octanol–water partition coefficient (Wildman–Crippen LogP) is 5.74. The molecular weight excluding hydrogens is 440 g/mol. The third-order valence-corrected chi connectivity index (χ3v) is 5.54. The van der Waals surface area contributed by atoms with Crippen LogP contribution in [0.3, 0.4) is 0 Å². The highest BCUT2D eigenvalue weighted by Crippen LogP contribution is 2.30. The summed E-state index contributed by atoms with van der Waals surface area (Å²) < 4.78 is 8.22. The number of thioether (sulfide) groups is 1. The quantitative estimate of drug-likeness (QED) is 0.453. The van der Waals surface area contributed by atoms with E-state index in [2.05, 4.69) is 45.3 Å². The van der Waals surface area contributed by atoms with Gasteiger partial charge in [-0.25, -0.2) is 0 Å². The van der Waals surface area contributed by atoms with E-state index in [1.807, 2.05) is 54.8 Å². The fourth-order valence-electron chi connectivity index (χ4n) is 2.72. The molecule has 0 unspecified atom stereocenters. The standard InChI is InChI=1S/C20H23BrN4O2S/c1-12(2)14-5-7-15(8-6-14)22-18(26)11-28-20-24-23-19(25(20)13(3)4)16-9-10-17(21)27-16/h5-10,12-13H,11H2,1-4H3,(H,22,26). The SMILES string of the molecule is CC(C)c1ccc(NC(=O)CSc2nnc(-c3ccc(Br)o3)n2C(C)C)cc1. The van der Waals surface area contributed by atoms with Gasteiger partial charge in [0.15, 0.2) is 15.6 Å². The van der Waals surface area contributed by atoms with Gasteiger partial charge in [-0.1, -0.05) is 37.7 Å². The lowest BCUT2D eigenvalue weighted by Gasteiger charge is -2.12. The van der Waals surface area contributed by atoms with Crippen LogP contribution in [0.2, 0.25) is 0 Å². The number of aromatic nitrogens is 3. The maximum Gasteiger partial charge on any atom is 0.234 e. The number of nitrogens with zero attached hydrogens (tertiary/aromatic N) is 3. The number of anilines is 1. The van der Waals surface area contributed by atoms with Gasteiger partial charge in [0, 0.05) is 11.7 Å². The minimum atomic E-state index is -0.0807. The minimum Gasteiger partial charge on any atom is -0.446 e. The second-order valence-corrected chi connectivity index (χ2v) is 8.71. The monoisotopic (exact) mass is 462 g/mol. The smallest absolute Gasteiger partial charge is 0.234 e.